The van der Waals surface area contributed by atoms with Gasteiger partial charge in [-0.3, -0.25) is 0 Å². The van der Waals surface area contributed by atoms with E-state index in [4.69, 9.17) is 0 Å². The minimum atomic E-state index is -4.45. The highest BCUT2D eigenvalue weighted by Crippen LogP contribution is 2.32. The molecule has 8 heteroatoms. The van der Waals surface area contributed by atoms with Crippen LogP contribution in [0.15, 0.2) is 0 Å². The molecule has 1 N–H and O–H groups in total. The summed E-state index contributed by atoms with van der Waals surface area (Å²) < 4.78 is 41.0. The third kappa shape index (κ3) is 3.41. The molecule has 0 amide bonds. The molecule has 0 aromatic carbocycles. The molecule has 1 aliphatic carbocycles. The number of hydrogen-bond donors (Lipinski definition) is 1. The maximum absolute atomic E-state index is 12.5. The molecule has 1 saturated heterocycles. The van der Waals surface area contributed by atoms with Crippen molar-refractivity contribution in [2.75, 3.05) is 24.5 Å². The van der Waals surface area contributed by atoms with E-state index in [1.165, 1.54) is 12.8 Å². The summed E-state index contributed by atoms with van der Waals surface area (Å²) in [6, 6.07) is 0.670. The Bertz CT molecular complexity index is 458. The van der Waals surface area contributed by atoms with Crippen LogP contribution in [-0.2, 0) is 6.18 Å². The van der Waals surface area contributed by atoms with Crippen molar-refractivity contribution in [3.63, 3.8) is 0 Å². The molecule has 1 aromatic heterocycles. The highest BCUT2D eigenvalue weighted by Gasteiger charge is 2.37. The van der Waals surface area contributed by atoms with Gasteiger partial charge in [0.1, 0.15) is 0 Å². The van der Waals surface area contributed by atoms with Crippen molar-refractivity contribution >= 4 is 16.7 Å². The van der Waals surface area contributed by atoms with Crippen molar-refractivity contribution in [2.24, 2.45) is 5.92 Å². The summed E-state index contributed by atoms with van der Waals surface area (Å²) in [4.78, 5) is 5.58. The molecule has 2 fully saturated rings. The lowest BCUT2D eigenvalue weighted by atomic mass is 9.98. The highest BCUT2D eigenvalue weighted by molar-refractivity contribution is 7.09. The van der Waals surface area contributed by atoms with Gasteiger partial charge in [0, 0.05) is 30.7 Å². The van der Waals surface area contributed by atoms with E-state index in [2.05, 4.69) is 14.7 Å². The van der Waals surface area contributed by atoms with Gasteiger partial charge in [-0.05, 0) is 38.1 Å². The smallest absolute Gasteiger partial charge is 0.347 e. The summed E-state index contributed by atoms with van der Waals surface area (Å²) in [5, 5.41) is 3.89. The van der Waals surface area contributed by atoms with Gasteiger partial charge in [0.2, 0.25) is 11.0 Å². The van der Waals surface area contributed by atoms with Crippen molar-refractivity contribution in [1.82, 2.24) is 14.7 Å². The molecule has 20 heavy (non-hydrogen) atoms. The van der Waals surface area contributed by atoms with E-state index in [9.17, 15) is 13.2 Å². The zero-order valence-electron chi connectivity index (χ0n) is 11.0. The molecule has 4 nitrogen and oxygen atoms in total. The Morgan fingerprint density at radius 2 is 2.10 bits per heavy atom. The predicted octanol–water partition coefficient (Wildman–Crippen LogP) is 2.53. The second-order valence-corrected chi connectivity index (χ2v) is 6.27. The number of nitrogens with one attached hydrogen (secondary N) is 1. The lowest BCUT2D eigenvalue weighted by Gasteiger charge is -2.32. The van der Waals surface area contributed by atoms with Crippen LogP contribution in [0.1, 0.15) is 31.5 Å². The largest absolute Gasteiger partial charge is 0.452 e. The van der Waals surface area contributed by atoms with E-state index < -0.39 is 12.0 Å². The molecule has 1 aromatic rings. The third-order valence-corrected chi connectivity index (χ3v) is 4.51. The van der Waals surface area contributed by atoms with Crippen LogP contribution < -0.4 is 10.2 Å². The molecular weight excluding hydrogens is 289 g/mol. The molecule has 1 aliphatic heterocycles. The van der Waals surface area contributed by atoms with Crippen LogP contribution in [0.2, 0.25) is 0 Å². The van der Waals surface area contributed by atoms with Gasteiger partial charge in [-0.15, -0.1) is 0 Å². The van der Waals surface area contributed by atoms with Crippen molar-refractivity contribution in [3.05, 3.63) is 5.82 Å². The maximum Gasteiger partial charge on any atom is 0.452 e. The molecule has 0 radical (unpaired) electrons. The Labute approximate surface area is 119 Å². The molecule has 0 spiro atoms. The fourth-order valence-corrected chi connectivity index (χ4v) is 3.21. The Morgan fingerprint density at radius 3 is 2.75 bits per heavy atom. The lowest BCUT2D eigenvalue weighted by Crippen LogP contribution is -2.40. The molecule has 1 unspecified atom stereocenters. The fourth-order valence-electron chi connectivity index (χ4n) is 2.49. The van der Waals surface area contributed by atoms with Crippen molar-refractivity contribution in [2.45, 2.75) is 37.9 Å². The van der Waals surface area contributed by atoms with Gasteiger partial charge >= 0.3 is 6.18 Å². The first-order chi connectivity index (χ1) is 9.52. The quantitative estimate of drug-likeness (QED) is 0.928. The predicted molar refractivity (Wildman–Crippen MR) is 70.9 cm³/mol. The van der Waals surface area contributed by atoms with Crippen LogP contribution in [-0.4, -0.2) is 35.0 Å². The van der Waals surface area contributed by atoms with Crippen molar-refractivity contribution in [3.8, 4) is 0 Å². The Kier molecular flexibility index (Phi) is 3.85. The van der Waals surface area contributed by atoms with Crippen molar-refractivity contribution in [1.29, 1.82) is 0 Å². The molecule has 3 rings (SSSR count). The van der Waals surface area contributed by atoms with Gasteiger partial charge in [-0.2, -0.15) is 22.5 Å². The Hall–Kier alpha value is -0.890. The maximum atomic E-state index is 12.5. The third-order valence-electron chi connectivity index (χ3n) is 3.73. The first-order valence-electron chi connectivity index (χ1n) is 6.91. The normalized spacial score (nSPS) is 24.1. The molecule has 2 aliphatic rings. The van der Waals surface area contributed by atoms with Gasteiger partial charge < -0.3 is 10.2 Å². The summed E-state index contributed by atoms with van der Waals surface area (Å²) in [6.45, 7) is 2.49. The number of hydrogen-bond acceptors (Lipinski definition) is 5. The molecule has 1 saturated carbocycles. The summed E-state index contributed by atoms with van der Waals surface area (Å²) in [5.74, 6) is -0.529. The second kappa shape index (κ2) is 5.48. The summed E-state index contributed by atoms with van der Waals surface area (Å²) in [5.41, 5.74) is 0. The summed E-state index contributed by atoms with van der Waals surface area (Å²) in [6.07, 6.45) is 0.181. The number of nitrogens with zero attached hydrogens (tertiary/aromatic N) is 3. The lowest BCUT2D eigenvalue weighted by molar-refractivity contribution is -0.144. The Morgan fingerprint density at radius 1 is 1.30 bits per heavy atom. The van der Waals surface area contributed by atoms with Gasteiger partial charge in [0.15, 0.2) is 0 Å². The number of aromatic nitrogens is 2. The van der Waals surface area contributed by atoms with E-state index in [1.807, 2.05) is 4.90 Å². The van der Waals surface area contributed by atoms with Crippen LogP contribution >= 0.6 is 11.5 Å². The van der Waals surface area contributed by atoms with Crippen molar-refractivity contribution < 1.29 is 13.2 Å². The minimum Gasteiger partial charge on any atom is -0.347 e. The van der Waals surface area contributed by atoms with E-state index >= 15 is 0 Å². The standard InChI is InChI=1S/C12H17F3N4S/c13-12(14,15)10-17-11(20-18-10)19-5-1-2-8(7-19)6-16-9-3-4-9/h8-9,16H,1-7H2. The van der Waals surface area contributed by atoms with E-state index in [0.29, 0.717) is 17.1 Å². The zero-order chi connectivity index (χ0) is 14.2. The van der Waals surface area contributed by atoms with Crippen LogP contribution in [0.5, 0.6) is 0 Å². The zero-order valence-corrected chi connectivity index (χ0v) is 11.8. The van der Waals surface area contributed by atoms with Gasteiger partial charge in [0.25, 0.3) is 0 Å². The number of halogens is 3. The van der Waals surface area contributed by atoms with Crippen LogP contribution in [0.25, 0.3) is 0 Å². The van der Waals surface area contributed by atoms with E-state index in [0.717, 1.165) is 44.0 Å². The number of rotatable bonds is 4. The molecule has 112 valence electrons. The monoisotopic (exact) mass is 306 g/mol. The van der Waals surface area contributed by atoms with Crippen LogP contribution in [0.4, 0.5) is 18.3 Å². The minimum absolute atomic E-state index is 0.397. The molecule has 0 bridgehead atoms. The molecule has 1 atom stereocenters. The first-order valence-corrected chi connectivity index (χ1v) is 7.69. The number of anilines is 1. The number of piperidine rings is 1. The second-order valence-electron chi connectivity index (χ2n) is 5.54. The summed E-state index contributed by atoms with van der Waals surface area (Å²) >= 11 is 0.846. The average Bonchev–Trinajstić information content (AvgIpc) is 3.09. The topological polar surface area (TPSA) is 41.1 Å². The van der Waals surface area contributed by atoms with E-state index in [1.54, 1.807) is 0 Å². The van der Waals surface area contributed by atoms with E-state index in [-0.39, 0.29) is 0 Å². The van der Waals surface area contributed by atoms with Gasteiger partial charge in [-0.25, -0.2) is 0 Å². The highest BCUT2D eigenvalue weighted by atomic mass is 32.1. The SMILES string of the molecule is FC(F)(F)c1nsc(N2CCCC(CNC3CC3)C2)n1. The molecular formula is C12H17F3N4S. The fraction of sp³-hybridized carbons (Fsp3) is 0.833. The average molecular weight is 306 g/mol. The number of alkyl halides is 3. The van der Waals surface area contributed by atoms with Crippen LogP contribution in [0.3, 0.4) is 0 Å². The van der Waals surface area contributed by atoms with Crippen LogP contribution in [0, 0.1) is 5.92 Å². The summed E-state index contributed by atoms with van der Waals surface area (Å²) in [7, 11) is 0. The first kappa shape index (κ1) is 14.1. The van der Waals surface area contributed by atoms with Gasteiger partial charge in [0.05, 0.1) is 0 Å². The Balaban J connectivity index is 1.59. The van der Waals surface area contributed by atoms with Gasteiger partial charge in [-0.1, -0.05) is 0 Å². The molecule has 2 heterocycles.